The van der Waals surface area contributed by atoms with Crippen molar-refractivity contribution in [3.63, 3.8) is 0 Å². The molecule has 6 nitrogen and oxygen atoms in total. The summed E-state index contributed by atoms with van der Waals surface area (Å²) in [5, 5.41) is 11.0. The summed E-state index contributed by atoms with van der Waals surface area (Å²) >= 11 is 9.30. The summed E-state index contributed by atoms with van der Waals surface area (Å²) in [6.07, 6.45) is 0. The summed E-state index contributed by atoms with van der Waals surface area (Å²) < 4.78 is 27.4. The molecule has 23 heavy (non-hydrogen) atoms. The van der Waals surface area contributed by atoms with Crippen LogP contribution in [-0.4, -0.2) is 19.9 Å². The maximum atomic E-state index is 12.8. The lowest BCUT2D eigenvalue weighted by atomic mass is 10.3. The summed E-state index contributed by atoms with van der Waals surface area (Å²) in [5.41, 5.74) is -0.153. The average Bonchev–Trinajstić information content (AvgIpc) is 2.49. The Morgan fingerprint density at radius 3 is 2.35 bits per heavy atom. The first-order valence-corrected chi connectivity index (χ1v) is 9.10. The number of rotatable bonds is 5. The third-order valence-corrected chi connectivity index (χ3v) is 5.85. The van der Waals surface area contributed by atoms with Gasteiger partial charge >= 0.3 is 0 Å². The van der Waals surface area contributed by atoms with Crippen LogP contribution in [0.3, 0.4) is 0 Å². The second-order valence-corrected chi connectivity index (χ2v) is 7.70. The number of nitrogens with zero attached hydrogens (tertiary/aromatic N) is 2. The highest BCUT2D eigenvalue weighted by Crippen LogP contribution is 2.33. The van der Waals surface area contributed by atoms with Crippen LogP contribution < -0.4 is 4.31 Å². The third-order valence-electron chi connectivity index (χ3n) is 3.10. The van der Waals surface area contributed by atoms with Gasteiger partial charge in [-0.3, -0.25) is 14.4 Å². The molecule has 0 aliphatic rings. The fourth-order valence-corrected chi connectivity index (χ4v) is 4.03. The zero-order valence-corrected chi connectivity index (χ0v) is 15.1. The molecule has 2 aromatic rings. The van der Waals surface area contributed by atoms with Gasteiger partial charge in [0, 0.05) is 23.2 Å². The minimum atomic E-state index is -3.88. The smallest absolute Gasteiger partial charge is 0.265 e. The molecule has 0 amide bonds. The van der Waals surface area contributed by atoms with Crippen molar-refractivity contribution in [3.05, 3.63) is 62.1 Å². The van der Waals surface area contributed by atoms with E-state index in [1.807, 2.05) is 0 Å². The highest BCUT2D eigenvalue weighted by molar-refractivity contribution is 9.10. The Labute approximate surface area is 147 Å². The summed E-state index contributed by atoms with van der Waals surface area (Å²) in [6, 6.07) is 9.81. The predicted octanol–water partition coefficient (Wildman–Crippen LogP) is 4.23. The lowest BCUT2D eigenvalue weighted by Gasteiger charge is -2.23. The number of non-ortho nitro benzene ring substituents is 1. The van der Waals surface area contributed by atoms with Gasteiger partial charge in [-0.05, 0) is 37.3 Å². The standard InChI is InChI=1S/C14H12BrClN2O4S/c1-2-17(14-9-11(18(19)20)5-8-13(14)16)23(21,22)12-6-3-10(15)4-7-12/h3-9H,2H2,1H3. The number of hydrogen-bond acceptors (Lipinski definition) is 4. The van der Waals surface area contributed by atoms with Crippen molar-refractivity contribution in [2.75, 3.05) is 10.8 Å². The number of anilines is 1. The van der Waals surface area contributed by atoms with E-state index < -0.39 is 14.9 Å². The maximum absolute atomic E-state index is 12.8. The minimum Gasteiger partial charge on any atom is -0.265 e. The van der Waals surface area contributed by atoms with E-state index >= 15 is 0 Å². The fraction of sp³-hybridized carbons (Fsp3) is 0.143. The Balaban J connectivity index is 2.57. The number of hydrogen-bond donors (Lipinski definition) is 0. The van der Waals surface area contributed by atoms with E-state index in [0.717, 1.165) is 14.8 Å². The van der Waals surface area contributed by atoms with E-state index in [2.05, 4.69) is 15.9 Å². The molecule has 0 aromatic heterocycles. The van der Waals surface area contributed by atoms with Crippen LogP contribution in [0, 0.1) is 10.1 Å². The number of sulfonamides is 1. The van der Waals surface area contributed by atoms with Crippen LogP contribution in [0.2, 0.25) is 5.02 Å². The number of nitro groups is 1. The molecule has 2 aromatic carbocycles. The normalized spacial score (nSPS) is 11.3. The van der Waals surface area contributed by atoms with Crippen molar-refractivity contribution in [3.8, 4) is 0 Å². The molecule has 0 saturated carbocycles. The van der Waals surface area contributed by atoms with Crippen LogP contribution in [0.1, 0.15) is 6.92 Å². The van der Waals surface area contributed by atoms with Gasteiger partial charge in [-0.1, -0.05) is 27.5 Å². The number of halogens is 2. The van der Waals surface area contributed by atoms with Crippen LogP contribution in [0.5, 0.6) is 0 Å². The summed E-state index contributed by atoms with van der Waals surface area (Å²) in [4.78, 5) is 10.4. The van der Waals surface area contributed by atoms with Gasteiger partial charge in [0.05, 0.1) is 20.5 Å². The van der Waals surface area contributed by atoms with Crippen LogP contribution in [0.25, 0.3) is 0 Å². The molecule has 0 aliphatic carbocycles. The Bertz CT molecular complexity index is 840. The van der Waals surface area contributed by atoms with Gasteiger partial charge in [0.2, 0.25) is 0 Å². The van der Waals surface area contributed by atoms with Gasteiger partial charge in [0.15, 0.2) is 0 Å². The molecule has 122 valence electrons. The molecule has 0 N–H and O–H groups in total. The monoisotopic (exact) mass is 418 g/mol. The highest BCUT2D eigenvalue weighted by Gasteiger charge is 2.26. The first-order chi connectivity index (χ1) is 10.8. The predicted molar refractivity (Wildman–Crippen MR) is 92.5 cm³/mol. The second-order valence-electron chi connectivity index (χ2n) is 4.52. The van der Waals surface area contributed by atoms with E-state index in [1.165, 1.54) is 24.3 Å². The van der Waals surface area contributed by atoms with E-state index in [9.17, 15) is 18.5 Å². The lowest BCUT2D eigenvalue weighted by molar-refractivity contribution is -0.384. The van der Waals surface area contributed by atoms with Crippen molar-refractivity contribution in [1.82, 2.24) is 0 Å². The molecule has 0 radical (unpaired) electrons. The average molecular weight is 420 g/mol. The summed E-state index contributed by atoms with van der Waals surface area (Å²) in [7, 11) is -3.88. The molecule has 0 heterocycles. The molecule has 0 saturated heterocycles. The van der Waals surface area contributed by atoms with Crippen LogP contribution in [-0.2, 0) is 10.0 Å². The molecule has 0 atom stereocenters. The van der Waals surface area contributed by atoms with E-state index in [-0.39, 0.29) is 27.8 Å². The van der Waals surface area contributed by atoms with Gasteiger partial charge in [-0.15, -0.1) is 0 Å². The SMILES string of the molecule is CCN(c1cc([N+](=O)[O-])ccc1Cl)S(=O)(=O)c1ccc(Br)cc1. The quantitative estimate of drug-likeness (QED) is 0.536. The molecular formula is C14H12BrClN2O4S. The Kier molecular flexibility index (Phi) is 5.28. The van der Waals surface area contributed by atoms with Crippen molar-refractivity contribution in [1.29, 1.82) is 0 Å². The molecule has 9 heteroatoms. The Morgan fingerprint density at radius 1 is 1.22 bits per heavy atom. The van der Waals surface area contributed by atoms with Crippen LogP contribution in [0.4, 0.5) is 11.4 Å². The van der Waals surface area contributed by atoms with Gasteiger partial charge in [-0.2, -0.15) is 0 Å². The van der Waals surface area contributed by atoms with Gasteiger partial charge in [-0.25, -0.2) is 8.42 Å². The Hall–Kier alpha value is -1.64. The largest absolute Gasteiger partial charge is 0.271 e. The number of benzene rings is 2. The van der Waals surface area contributed by atoms with E-state index in [0.29, 0.717) is 0 Å². The minimum absolute atomic E-state index is 0.0742. The third kappa shape index (κ3) is 3.65. The molecule has 0 fully saturated rings. The highest BCUT2D eigenvalue weighted by atomic mass is 79.9. The van der Waals surface area contributed by atoms with Gasteiger partial charge in [0.1, 0.15) is 0 Å². The van der Waals surface area contributed by atoms with Crippen molar-refractivity contribution >= 4 is 48.9 Å². The van der Waals surface area contributed by atoms with Crippen molar-refractivity contribution < 1.29 is 13.3 Å². The molecule has 0 unspecified atom stereocenters. The van der Waals surface area contributed by atoms with Crippen molar-refractivity contribution in [2.45, 2.75) is 11.8 Å². The maximum Gasteiger partial charge on any atom is 0.271 e. The lowest BCUT2D eigenvalue weighted by Crippen LogP contribution is -2.31. The van der Waals surface area contributed by atoms with Crippen LogP contribution in [0.15, 0.2) is 51.8 Å². The zero-order chi connectivity index (χ0) is 17.2. The molecule has 2 rings (SSSR count). The summed E-state index contributed by atoms with van der Waals surface area (Å²) in [6.45, 7) is 1.71. The molecular weight excluding hydrogens is 408 g/mol. The second kappa shape index (κ2) is 6.86. The van der Waals surface area contributed by atoms with Crippen molar-refractivity contribution in [2.24, 2.45) is 0 Å². The van der Waals surface area contributed by atoms with E-state index in [1.54, 1.807) is 19.1 Å². The molecule has 0 spiro atoms. The molecule has 0 aliphatic heterocycles. The first-order valence-electron chi connectivity index (χ1n) is 6.49. The van der Waals surface area contributed by atoms with Crippen LogP contribution >= 0.6 is 27.5 Å². The first kappa shape index (κ1) is 17.7. The fourth-order valence-electron chi connectivity index (χ4n) is 2.01. The summed E-state index contributed by atoms with van der Waals surface area (Å²) in [5.74, 6) is 0. The van der Waals surface area contributed by atoms with Gasteiger partial charge < -0.3 is 0 Å². The zero-order valence-electron chi connectivity index (χ0n) is 11.9. The Morgan fingerprint density at radius 2 is 1.83 bits per heavy atom. The molecule has 0 bridgehead atoms. The van der Waals surface area contributed by atoms with E-state index in [4.69, 9.17) is 11.6 Å². The topological polar surface area (TPSA) is 80.5 Å². The van der Waals surface area contributed by atoms with Gasteiger partial charge in [0.25, 0.3) is 15.7 Å². The number of nitro benzene ring substituents is 1.